The van der Waals surface area contributed by atoms with Crippen LogP contribution in [0.2, 0.25) is 0 Å². The predicted octanol–water partition coefficient (Wildman–Crippen LogP) is 3.34. The van der Waals surface area contributed by atoms with Crippen LogP contribution < -0.4 is 10.2 Å². The molecule has 1 amide bonds. The molecule has 0 fully saturated rings. The Balaban J connectivity index is 2.25. The highest BCUT2D eigenvalue weighted by Crippen LogP contribution is 2.31. The van der Waals surface area contributed by atoms with Crippen LogP contribution in [-0.2, 0) is 4.79 Å². The Kier molecular flexibility index (Phi) is 5.89. The van der Waals surface area contributed by atoms with E-state index in [1.165, 1.54) is 0 Å². The van der Waals surface area contributed by atoms with Gasteiger partial charge in [-0.15, -0.1) is 18.2 Å². The lowest BCUT2D eigenvalue weighted by Crippen LogP contribution is -2.31. The van der Waals surface area contributed by atoms with Gasteiger partial charge in [-0.1, -0.05) is 25.0 Å². The zero-order chi connectivity index (χ0) is 16.8. The highest BCUT2D eigenvalue weighted by atomic mass is 32.2. The van der Waals surface area contributed by atoms with Crippen LogP contribution >= 0.6 is 11.8 Å². The molecule has 1 aliphatic rings. The van der Waals surface area contributed by atoms with Gasteiger partial charge in [-0.2, -0.15) is 5.10 Å². The summed E-state index contributed by atoms with van der Waals surface area (Å²) in [4.78, 5) is 12.4. The standard InChI is InChI=1S/C18H20N2O2S/c1-5-8-23-16-7-6-14(11-15(16)22-4)9-12(2)18-13(3)10-17(21)19-20-18/h1,6-7,9,11,13H,8,10H2,2-4H3,(H,19,21). The molecule has 0 spiro atoms. The molecular weight excluding hydrogens is 308 g/mol. The van der Waals surface area contributed by atoms with E-state index >= 15 is 0 Å². The largest absolute Gasteiger partial charge is 0.496 e. The summed E-state index contributed by atoms with van der Waals surface area (Å²) < 4.78 is 5.44. The molecule has 0 aliphatic carbocycles. The minimum absolute atomic E-state index is 0.0365. The molecule has 1 heterocycles. The van der Waals surface area contributed by atoms with Gasteiger partial charge in [-0.05, 0) is 30.2 Å². The Morgan fingerprint density at radius 1 is 1.61 bits per heavy atom. The number of methoxy groups -OCH3 is 1. The molecule has 23 heavy (non-hydrogen) atoms. The number of terminal acetylenes is 1. The van der Waals surface area contributed by atoms with Crippen LogP contribution in [0.5, 0.6) is 5.75 Å². The van der Waals surface area contributed by atoms with Crippen LogP contribution in [0.25, 0.3) is 6.08 Å². The molecule has 0 aromatic heterocycles. The van der Waals surface area contributed by atoms with E-state index in [4.69, 9.17) is 11.2 Å². The Bertz CT molecular complexity index is 701. The van der Waals surface area contributed by atoms with Gasteiger partial charge in [0.05, 0.1) is 23.5 Å². The van der Waals surface area contributed by atoms with Crippen LogP contribution in [0.4, 0.5) is 0 Å². The van der Waals surface area contributed by atoms with Crippen molar-refractivity contribution in [3.8, 4) is 18.1 Å². The van der Waals surface area contributed by atoms with E-state index in [1.807, 2.05) is 38.1 Å². The van der Waals surface area contributed by atoms with E-state index in [9.17, 15) is 4.79 Å². The quantitative estimate of drug-likeness (QED) is 0.666. The van der Waals surface area contributed by atoms with Crippen molar-refractivity contribution >= 4 is 29.5 Å². The van der Waals surface area contributed by atoms with Crippen molar-refractivity contribution in [3.63, 3.8) is 0 Å². The summed E-state index contributed by atoms with van der Waals surface area (Å²) in [7, 11) is 1.65. The number of carbonyl (C=O) groups excluding carboxylic acids is 1. The summed E-state index contributed by atoms with van der Waals surface area (Å²) >= 11 is 1.57. The topological polar surface area (TPSA) is 50.7 Å². The normalized spacial score (nSPS) is 18.0. The molecular formula is C18H20N2O2S. The zero-order valence-electron chi connectivity index (χ0n) is 13.6. The number of benzene rings is 1. The third kappa shape index (κ3) is 4.40. The van der Waals surface area contributed by atoms with E-state index in [1.54, 1.807) is 18.9 Å². The number of thioether (sulfide) groups is 1. The van der Waals surface area contributed by atoms with Gasteiger partial charge in [0, 0.05) is 12.3 Å². The smallest absolute Gasteiger partial charge is 0.240 e. The number of allylic oxidation sites excluding steroid dienone is 1. The summed E-state index contributed by atoms with van der Waals surface area (Å²) in [6.07, 6.45) is 7.82. The lowest BCUT2D eigenvalue weighted by molar-refractivity contribution is -0.121. The highest BCUT2D eigenvalue weighted by Gasteiger charge is 2.21. The van der Waals surface area contributed by atoms with Crippen molar-refractivity contribution in [1.82, 2.24) is 5.43 Å². The lowest BCUT2D eigenvalue weighted by atomic mass is 9.93. The van der Waals surface area contributed by atoms with Crippen LogP contribution in [0.1, 0.15) is 25.8 Å². The van der Waals surface area contributed by atoms with Gasteiger partial charge in [0.25, 0.3) is 0 Å². The Labute approximate surface area is 141 Å². The summed E-state index contributed by atoms with van der Waals surface area (Å²) in [5.41, 5.74) is 5.51. The average molecular weight is 328 g/mol. The number of carbonyl (C=O) groups is 1. The number of ether oxygens (including phenoxy) is 1. The molecule has 2 rings (SSSR count). The minimum Gasteiger partial charge on any atom is -0.496 e. The number of hydrazone groups is 1. The second-order valence-corrected chi connectivity index (χ2v) is 6.38. The lowest BCUT2D eigenvalue weighted by Gasteiger charge is -2.19. The first-order valence-corrected chi connectivity index (χ1v) is 8.33. The minimum atomic E-state index is -0.0365. The molecule has 0 saturated carbocycles. The van der Waals surface area contributed by atoms with Crippen LogP contribution in [0.15, 0.2) is 33.8 Å². The molecule has 1 aromatic rings. The Morgan fingerprint density at radius 3 is 3.04 bits per heavy atom. The molecule has 5 heteroatoms. The van der Waals surface area contributed by atoms with Crippen molar-refractivity contribution in [3.05, 3.63) is 29.3 Å². The first-order chi connectivity index (χ1) is 11.0. The molecule has 1 aliphatic heterocycles. The maximum absolute atomic E-state index is 11.3. The zero-order valence-corrected chi connectivity index (χ0v) is 14.4. The van der Waals surface area contributed by atoms with Crippen molar-refractivity contribution < 1.29 is 9.53 Å². The number of rotatable bonds is 5. The summed E-state index contributed by atoms with van der Waals surface area (Å²) in [6, 6.07) is 6.01. The fourth-order valence-electron chi connectivity index (χ4n) is 2.47. The van der Waals surface area contributed by atoms with Gasteiger partial charge < -0.3 is 4.74 Å². The molecule has 0 saturated heterocycles. The van der Waals surface area contributed by atoms with E-state index in [-0.39, 0.29) is 11.8 Å². The van der Waals surface area contributed by atoms with Crippen LogP contribution in [0, 0.1) is 18.3 Å². The number of nitrogens with one attached hydrogen (secondary N) is 1. The van der Waals surface area contributed by atoms with E-state index in [0.717, 1.165) is 27.5 Å². The van der Waals surface area contributed by atoms with E-state index in [2.05, 4.69) is 16.4 Å². The third-order valence-corrected chi connectivity index (χ3v) is 4.50. The van der Waals surface area contributed by atoms with Gasteiger partial charge in [0.2, 0.25) is 5.91 Å². The maximum atomic E-state index is 11.3. The van der Waals surface area contributed by atoms with Gasteiger partial charge in [0.1, 0.15) is 5.75 Å². The molecule has 4 nitrogen and oxygen atoms in total. The summed E-state index contributed by atoms with van der Waals surface area (Å²) in [5, 5.41) is 4.18. The van der Waals surface area contributed by atoms with E-state index in [0.29, 0.717) is 12.2 Å². The highest BCUT2D eigenvalue weighted by molar-refractivity contribution is 7.99. The maximum Gasteiger partial charge on any atom is 0.240 e. The fraction of sp³-hybridized carbons (Fsp3) is 0.333. The number of hydrogen-bond donors (Lipinski definition) is 1. The van der Waals surface area contributed by atoms with Gasteiger partial charge in [-0.25, -0.2) is 5.43 Å². The van der Waals surface area contributed by atoms with Crippen LogP contribution in [0.3, 0.4) is 0 Å². The van der Waals surface area contributed by atoms with Crippen molar-refractivity contribution in [2.24, 2.45) is 11.0 Å². The SMILES string of the molecule is C#CCSc1ccc(C=C(C)C2=NNC(=O)CC2C)cc1OC. The molecule has 1 aromatic carbocycles. The first-order valence-electron chi connectivity index (χ1n) is 7.34. The number of nitrogens with zero attached hydrogens (tertiary/aromatic N) is 1. The number of hydrogen-bond acceptors (Lipinski definition) is 4. The second-order valence-electron chi connectivity index (χ2n) is 5.37. The van der Waals surface area contributed by atoms with Gasteiger partial charge in [0.15, 0.2) is 0 Å². The first kappa shape index (κ1) is 17.2. The molecule has 1 unspecified atom stereocenters. The molecule has 120 valence electrons. The monoisotopic (exact) mass is 328 g/mol. The van der Waals surface area contributed by atoms with Gasteiger partial charge >= 0.3 is 0 Å². The fourth-order valence-corrected chi connectivity index (χ4v) is 3.15. The molecule has 0 bridgehead atoms. The van der Waals surface area contributed by atoms with Crippen molar-refractivity contribution in [2.75, 3.05) is 12.9 Å². The van der Waals surface area contributed by atoms with Gasteiger partial charge in [-0.3, -0.25) is 4.79 Å². The molecule has 0 radical (unpaired) electrons. The Hall–Kier alpha value is -2.19. The third-order valence-electron chi connectivity index (χ3n) is 3.55. The van der Waals surface area contributed by atoms with E-state index < -0.39 is 0 Å². The average Bonchev–Trinajstić information content (AvgIpc) is 2.53. The Morgan fingerprint density at radius 2 is 2.39 bits per heavy atom. The molecule has 1 atom stereocenters. The van der Waals surface area contributed by atoms with Crippen molar-refractivity contribution in [1.29, 1.82) is 0 Å². The molecule has 1 N–H and O–H groups in total. The van der Waals surface area contributed by atoms with Crippen molar-refractivity contribution in [2.45, 2.75) is 25.2 Å². The van der Waals surface area contributed by atoms with Crippen LogP contribution in [-0.4, -0.2) is 24.5 Å². The summed E-state index contributed by atoms with van der Waals surface area (Å²) in [6.45, 7) is 4.01. The summed E-state index contributed by atoms with van der Waals surface area (Å²) in [5.74, 6) is 4.11. The predicted molar refractivity (Wildman–Crippen MR) is 95.6 cm³/mol. The second kappa shape index (κ2) is 7.89. The number of amides is 1.